The highest BCUT2D eigenvalue weighted by molar-refractivity contribution is 5.74. The fourth-order valence-corrected chi connectivity index (χ4v) is 2.14. The van der Waals surface area contributed by atoms with Crippen molar-refractivity contribution in [2.45, 2.75) is 58.1 Å². The lowest BCUT2D eigenvalue weighted by molar-refractivity contribution is 0.160. The van der Waals surface area contributed by atoms with Gasteiger partial charge in [-0.15, -0.1) is 0 Å². The van der Waals surface area contributed by atoms with Crippen molar-refractivity contribution in [2.75, 3.05) is 6.54 Å². The first-order valence-corrected chi connectivity index (χ1v) is 6.36. The van der Waals surface area contributed by atoms with Crippen LogP contribution in [0.15, 0.2) is 0 Å². The Hall–Kier alpha value is -0.770. The summed E-state index contributed by atoms with van der Waals surface area (Å²) in [7, 11) is 0. The van der Waals surface area contributed by atoms with E-state index in [4.69, 9.17) is 0 Å². The zero-order valence-corrected chi connectivity index (χ0v) is 10.3. The number of nitrogens with one attached hydrogen (secondary N) is 2. The molecule has 0 spiro atoms. The number of rotatable bonds is 5. The molecule has 16 heavy (non-hydrogen) atoms. The average molecular weight is 228 g/mol. The van der Waals surface area contributed by atoms with Crippen LogP contribution in [0.3, 0.4) is 0 Å². The summed E-state index contributed by atoms with van der Waals surface area (Å²) >= 11 is 0. The molecule has 4 heteroatoms. The van der Waals surface area contributed by atoms with Crippen LogP contribution < -0.4 is 10.6 Å². The number of hydrogen-bond donors (Lipinski definition) is 3. The summed E-state index contributed by atoms with van der Waals surface area (Å²) in [5.74, 6) is 0.590. The molecular weight excluding hydrogens is 204 g/mol. The molecule has 2 amide bonds. The van der Waals surface area contributed by atoms with Crippen molar-refractivity contribution < 1.29 is 9.90 Å². The minimum atomic E-state index is -0.300. The Labute approximate surface area is 97.8 Å². The molecule has 0 bridgehead atoms. The molecule has 0 aromatic carbocycles. The zero-order chi connectivity index (χ0) is 12.0. The Morgan fingerprint density at radius 1 is 1.50 bits per heavy atom. The average Bonchev–Trinajstić information content (AvgIpc) is 2.64. The van der Waals surface area contributed by atoms with Gasteiger partial charge in [-0.3, -0.25) is 0 Å². The Bertz CT molecular complexity index is 221. The molecule has 0 saturated heterocycles. The number of amides is 2. The van der Waals surface area contributed by atoms with Crippen LogP contribution in [0.4, 0.5) is 4.79 Å². The molecule has 0 aromatic rings. The fraction of sp³-hybridized carbons (Fsp3) is 0.917. The van der Waals surface area contributed by atoms with Crippen molar-refractivity contribution in [1.82, 2.24) is 10.6 Å². The van der Waals surface area contributed by atoms with Gasteiger partial charge in [0.1, 0.15) is 0 Å². The normalized spacial score (nSPS) is 26.4. The minimum absolute atomic E-state index is 0.0953. The van der Waals surface area contributed by atoms with E-state index in [1.54, 1.807) is 0 Å². The standard InChI is InChI=1S/C12H24N2O2/c1-3-10(15)7-8-13-12(16)14-11-6-4-5-9(11)2/h9-11,15H,3-8H2,1-2H3,(H2,13,14,16). The number of carbonyl (C=O) groups is 1. The smallest absolute Gasteiger partial charge is 0.315 e. The summed E-state index contributed by atoms with van der Waals surface area (Å²) in [6.45, 7) is 4.66. The summed E-state index contributed by atoms with van der Waals surface area (Å²) in [4.78, 5) is 11.5. The highest BCUT2D eigenvalue weighted by atomic mass is 16.3. The molecule has 3 atom stereocenters. The lowest BCUT2D eigenvalue weighted by Crippen LogP contribution is -2.43. The van der Waals surface area contributed by atoms with Crippen LogP contribution in [0.25, 0.3) is 0 Å². The maximum absolute atomic E-state index is 11.5. The number of carbonyl (C=O) groups excluding carboxylic acids is 1. The molecule has 1 aliphatic rings. The molecule has 94 valence electrons. The third-order valence-electron chi connectivity index (χ3n) is 3.41. The third-order valence-corrected chi connectivity index (χ3v) is 3.41. The lowest BCUT2D eigenvalue weighted by Gasteiger charge is -2.18. The summed E-state index contributed by atoms with van der Waals surface area (Å²) in [5, 5.41) is 15.1. The van der Waals surface area contributed by atoms with E-state index in [1.807, 2.05) is 6.92 Å². The highest BCUT2D eigenvalue weighted by Gasteiger charge is 2.24. The Morgan fingerprint density at radius 2 is 2.25 bits per heavy atom. The van der Waals surface area contributed by atoms with E-state index < -0.39 is 0 Å². The number of aliphatic hydroxyl groups is 1. The molecule has 0 aromatic heterocycles. The zero-order valence-electron chi connectivity index (χ0n) is 10.3. The van der Waals surface area contributed by atoms with Crippen molar-refractivity contribution in [3.8, 4) is 0 Å². The van der Waals surface area contributed by atoms with Gasteiger partial charge in [0.15, 0.2) is 0 Å². The minimum Gasteiger partial charge on any atom is -0.393 e. The summed E-state index contributed by atoms with van der Waals surface area (Å²) in [5.41, 5.74) is 0. The van der Waals surface area contributed by atoms with Gasteiger partial charge in [0.05, 0.1) is 6.10 Å². The van der Waals surface area contributed by atoms with Gasteiger partial charge >= 0.3 is 6.03 Å². The van der Waals surface area contributed by atoms with Crippen LogP contribution in [0, 0.1) is 5.92 Å². The van der Waals surface area contributed by atoms with E-state index >= 15 is 0 Å². The summed E-state index contributed by atoms with van der Waals surface area (Å²) in [6.07, 6.45) is 4.57. The number of aliphatic hydroxyl groups excluding tert-OH is 1. The van der Waals surface area contributed by atoms with E-state index in [0.717, 1.165) is 12.8 Å². The van der Waals surface area contributed by atoms with Crippen LogP contribution in [0.1, 0.15) is 46.0 Å². The monoisotopic (exact) mass is 228 g/mol. The molecule has 0 heterocycles. The van der Waals surface area contributed by atoms with Gasteiger partial charge < -0.3 is 15.7 Å². The fourth-order valence-electron chi connectivity index (χ4n) is 2.14. The Morgan fingerprint density at radius 3 is 2.81 bits per heavy atom. The molecule has 3 unspecified atom stereocenters. The van der Waals surface area contributed by atoms with Crippen molar-refractivity contribution in [3.63, 3.8) is 0 Å². The van der Waals surface area contributed by atoms with Gasteiger partial charge in [-0.1, -0.05) is 20.3 Å². The maximum Gasteiger partial charge on any atom is 0.315 e. The molecule has 1 rings (SSSR count). The highest BCUT2D eigenvalue weighted by Crippen LogP contribution is 2.24. The second kappa shape index (κ2) is 6.74. The van der Waals surface area contributed by atoms with E-state index in [-0.39, 0.29) is 12.1 Å². The van der Waals surface area contributed by atoms with E-state index in [9.17, 15) is 9.90 Å². The first kappa shape index (κ1) is 13.3. The predicted octanol–water partition coefficient (Wildman–Crippen LogP) is 1.64. The number of hydrogen-bond acceptors (Lipinski definition) is 2. The molecule has 0 aliphatic heterocycles. The quantitative estimate of drug-likeness (QED) is 0.670. The van der Waals surface area contributed by atoms with Crippen LogP contribution in [-0.2, 0) is 0 Å². The van der Waals surface area contributed by atoms with Crippen LogP contribution in [0.5, 0.6) is 0 Å². The van der Waals surface area contributed by atoms with Crippen molar-refractivity contribution in [3.05, 3.63) is 0 Å². The van der Waals surface area contributed by atoms with Gasteiger partial charge in [-0.05, 0) is 31.6 Å². The molecule has 1 saturated carbocycles. The molecule has 1 fully saturated rings. The van der Waals surface area contributed by atoms with Gasteiger partial charge in [0.2, 0.25) is 0 Å². The van der Waals surface area contributed by atoms with Crippen molar-refractivity contribution in [2.24, 2.45) is 5.92 Å². The van der Waals surface area contributed by atoms with Crippen LogP contribution >= 0.6 is 0 Å². The van der Waals surface area contributed by atoms with Gasteiger partial charge in [-0.2, -0.15) is 0 Å². The third kappa shape index (κ3) is 4.39. The second-order valence-electron chi connectivity index (χ2n) is 4.77. The number of urea groups is 1. The van der Waals surface area contributed by atoms with E-state index in [1.165, 1.54) is 12.8 Å². The van der Waals surface area contributed by atoms with Crippen molar-refractivity contribution in [1.29, 1.82) is 0 Å². The first-order chi connectivity index (χ1) is 7.63. The Balaban J connectivity index is 2.11. The first-order valence-electron chi connectivity index (χ1n) is 6.36. The second-order valence-corrected chi connectivity index (χ2v) is 4.77. The molecular formula is C12H24N2O2. The molecule has 3 N–H and O–H groups in total. The van der Waals surface area contributed by atoms with E-state index in [0.29, 0.717) is 24.9 Å². The van der Waals surface area contributed by atoms with Gasteiger partial charge in [0, 0.05) is 12.6 Å². The Kier molecular flexibility index (Phi) is 5.60. The molecule has 4 nitrogen and oxygen atoms in total. The largest absolute Gasteiger partial charge is 0.393 e. The SMILES string of the molecule is CCC(O)CCNC(=O)NC1CCCC1C. The van der Waals surface area contributed by atoms with Crippen LogP contribution in [0.2, 0.25) is 0 Å². The van der Waals surface area contributed by atoms with Gasteiger partial charge in [-0.25, -0.2) is 4.79 Å². The van der Waals surface area contributed by atoms with E-state index in [2.05, 4.69) is 17.6 Å². The lowest BCUT2D eigenvalue weighted by atomic mass is 10.1. The maximum atomic E-state index is 11.5. The molecule has 0 radical (unpaired) electrons. The topological polar surface area (TPSA) is 61.4 Å². The summed E-state index contributed by atoms with van der Waals surface area (Å²) in [6, 6.07) is 0.234. The predicted molar refractivity (Wildman–Crippen MR) is 64.3 cm³/mol. The summed E-state index contributed by atoms with van der Waals surface area (Å²) < 4.78 is 0. The van der Waals surface area contributed by atoms with Crippen molar-refractivity contribution >= 4 is 6.03 Å². The van der Waals surface area contributed by atoms with Crippen LogP contribution in [-0.4, -0.2) is 29.8 Å². The van der Waals surface area contributed by atoms with Gasteiger partial charge in [0.25, 0.3) is 0 Å². The molecule has 1 aliphatic carbocycles.